The Morgan fingerprint density at radius 1 is 1.08 bits per heavy atom. The van der Waals surface area contributed by atoms with E-state index in [2.05, 4.69) is 46.6 Å². The molecule has 0 radical (unpaired) electrons. The van der Waals surface area contributed by atoms with Crippen LogP contribution in [0.5, 0.6) is 0 Å². The average molecular weight is 344 g/mol. The van der Waals surface area contributed by atoms with Gasteiger partial charge in [-0.05, 0) is 24.6 Å². The van der Waals surface area contributed by atoms with Crippen molar-refractivity contribution in [3.05, 3.63) is 65.2 Å². The number of ether oxygens (including phenoxy) is 1. The summed E-state index contributed by atoms with van der Waals surface area (Å²) in [5.74, 6) is 0. The molecule has 2 aromatic rings. The van der Waals surface area contributed by atoms with Gasteiger partial charge in [0, 0.05) is 13.1 Å². The Kier molecular flexibility index (Phi) is 5.86. The number of hydrogen-bond acceptors (Lipinski definition) is 4. The minimum atomic E-state index is 0.130. The van der Waals surface area contributed by atoms with Crippen LogP contribution >= 0.6 is 11.6 Å². The van der Waals surface area contributed by atoms with Crippen LogP contribution in [-0.4, -0.2) is 36.9 Å². The van der Waals surface area contributed by atoms with Gasteiger partial charge in [0.05, 0.1) is 35.7 Å². The average Bonchev–Trinajstić information content (AvgIpc) is 2.63. The minimum absolute atomic E-state index is 0.130. The fourth-order valence-corrected chi connectivity index (χ4v) is 3.13. The smallest absolute Gasteiger partial charge is 0.0753 e. The van der Waals surface area contributed by atoms with E-state index in [-0.39, 0.29) is 6.04 Å². The van der Waals surface area contributed by atoms with Gasteiger partial charge in [0.2, 0.25) is 0 Å². The predicted molar refractivity (Wildman–Crippen MR) is 99.8 cm³/mol. The van der Waals surface area contributed by atoms with Crippen molar-refractivity contribution in [1.82, 2.24) is 4.90 Å². The summed E-state index contributed by atoms with van der Waals surface area (Å²) in [5.41, 5.74) is 6.15. The molecule has 1 saturated heterocycles. The van der Waals surface area contributed by atoms with Crippen molar-refractivity contribution < 1.29 is 4.74 Å². The number of benzene rings is 2. The third kappa shape index (κ3) is 4.15. The summed E-state index contributed by atoms with van der Waals surface area (Å²) in [5, 5.41) is 5.27. The number of rotatable bonds is 5. The molecule has 0 aromatic heterocycles. The Morgan fingerprint density at radius 3 is 2.46 bits per heavy atom. The standard InChI is InChI=1S/C19H22ClN3O/c1-15(21-22-18-10-6-5-9-17(18)20)19(16-7-3-2-4-8-16)23-11-13-24-14-12-23/h2-10,19,22H,11-14H2,1H3/b21-15-/t19-/m0/s1. The third-order valence-electron chi connectivity index (χ3n) is 4.15. The molecule has 4 nitrogen and oxygen atoms in total. The second-order valence-corrected chi connectivity index (χ2v) is 6.21. The molecule has 0 aliphatic carbocycles. The molecule has 5 heteroatoms. The van der Waals surface area contributed by atoms with Crippen molar-refractivity contribution in [2.75, 3.05) is 31.7 Å². The van der Waals surface area contributed by atoms with Crippen molar-refractivity contribution in [2.24, 2.45) is 5.10 Å². The molecule has 1 atom stereocenters. The molecule has 1 heterocycles. The topological polar surface area (TPSA) is 36.9 Å². The first-order valence-corrected chi connectivity index (χ1v) is 8.55. The van der Waals surface area contributed by atoms with Crippen LogP contribution in [0.4, 0.5) is 5.69 Å². The monoisotopic (exact) mass is 343 g/mol. The Balaban J connectivity index is 1.84. The van der Waals surface area contributed by atoms with E-state index in [9.17, 15) is 0 Å². The SMILES string of the molecule is C/C(=N/Nc1ccccc1Cl)[C@@H](c1ccccc1)N1CCOCC1. The molecule has 1 N–H and O–H groups in total. The van der Waals surface area contributed by atoms with Crippen molar-refractivity contribution >= 4 is 23.0 Å². The Hall–Kier alpha value is -1.88. The lowest BCUT2D eigenvalue weighted by Gasteiger charge is -2.34. The molecule has 1 aliphatic heterocycles. The van der Waals surface area contributed by atoms with Crippen LogP contribution in [0.25, 0.3) is 0 Å². The minimum Gasteiger partial charge on any atom is -0.379 e. The van der Waals surface area contributed by atoms with Gasteiger partial charge in [-0.2, -0.15) is 5.10 Å². The second kappa shape index (κ2) is 8.29. The highest BCUT2D eigenvalue weighted by atomic mass is 35.5. The largest absolute Gasteiger partial charge is 0.379 e. The Bertz CT molecular complexity index is 684. The fourth-order valence-electron chi connectivity index (χ4n) is 2.95. The number of morpholine rings is 1. The molecule has 0 saturated carbocycles. The zero-order valence-corrected chi connectivity index (χ0v) is 14.5. The first-order valence-electron chi connectivity index (χ1n) is 8.17. The molecule has 24 heavy (non-hydrogen) atoms. The van der Waals surface area contributed by atoms with Crippen LogP contribution in [-0.2, 0) is 4.74 Å². The molecule has 0 unspecified atom stereocenters. The molecular formula is C19H22ClN3O. The van der Waals surface area contributed by atoms with E-state index in [1.165, 1.54) is 5.56 Å². The lowest BCUT2D eigenvalue weighted by atomic mass is 10.0. The van der Waals surface area contributed by atoms with Gasteiger partial charge in [-0.1, -0.05) is 54.1 Å². The predicted octanol–water partition coefficient (Wildman–Crippen LogP) is 4.20. The number of halogens is 1. The zero-order chi connectivity index (χ0) is 16.8. The fraction of sp³-hybridized carbons (Fsp3) is 0.316. The molecule has 1 aliphatic rings. The summed E-state index contributed by atoms with van der Waals surface area (Å²) in [6, 6.07) is 18.2. The first-order chi connectivity index (χ1) is 11.8. The summed E-state index contributed by atoms with van der Waals surface area (Å²) in [6.07, 6.45) is 0. The van der Waals surface area contributed by atoms with Gasteiger partial charge < -0.3 is 4.74 Å². The highest BCUT2D eigenvalue weighted by molar-refractivity contribution is 6.33. The van der Waals surface area contributed by atoms with E-state index in [1.54, 1.807) is 0 Å². The number of para-hydroxylation sites is 1. The molecule has 0 amide bonds. The molecule has 126 valence electrons. The van der Waals surface area contributed by atoms with Crippen LogP contribution < -0.4 is 5.43 Å². The highest BCUT2D eigenvalue weighted by Gasteiger charge is 2.25. The van der Waals surface area contributed by atoms with Gasteiger partial charge in [0.1, 0.15) is 0 Å². The van der Waals surface area contributed by atoms with Crippen LogP contribution in [0, 0.1) is 0 Å². The highest BCUT2D eigenvalue weighted by Crippen LogP contribution is 2.25. The lowest BCUT2D eigenvalue weighted by Crippen LogP contribution is -2.41. The number of hydrazone groups is 1. The summed E-state index contributed by atoms with van der Waals surface area (Å²) in [7, 11) is 0. The van der Waals surface area contributed by atoms with Crippen molar-refractivity contribution in [2.45, 2.75) is 13.0 Å². The quantitative estimate of drug-likeness (QED) is 0.653. The van der Waals surface area contributed by atoms with Crippen molar-refractivity contribution in [3.8, 4) is 0 Å². The van der Waals surface area contributed by atoms with E-state index in [0.29, 0.717) is 5.02 Å². The number of nitrogens with zero attached hydrogens (tertiary/aromatic N) is 2. The molecular weight excluding hydrogens is 322 g/mol. The zero-order valence-electron chi connectivity index (χ0n) is 13.8. The molecule has 0 bridgehead atoms. The number of nitrogens with one attached hydrogen (secondary N) is 1. The van der Waals surface area contributed by atoms with Crippen LogP contribution in [0.1, 0.15) is 18.5 Å². The van der Waals surface area contributed by atoms with Crippen molar-refractivity contribution in [1.29, 1.82) is 0 Å². The van der Waals surface area contributed by atoms with E-state index < -0.39 is 0 Å². The molecule has 1 fully saturated rings. The number of hydrogen-bond donors (Lipinski definition) is 1. The van der Waals surface area contributed by atoms with Gasteiger partial charge in [-0.3, -0.25) is 10.3 Å². The lowest BCUT2D eigenvalue weighted by molar-refractivity contribution is 0.0286. The van der Waals surface area contributed by atoms with Crippen molar-refractivity contribution in [3.63, 3.8) is 0 Å². The molecule has 2 aromatic carbocycles. The van der Waals surface area contributed by atoms with Gasteiger partial charge in [-0.15, -0.1) is 0 Å². The second-order valence-electron chi connectivity index (χ2n) is 5.81. The molecule has 0 spiro atoms. The summed E-state index contributed by atoms with van der Waals surface area (Å²) >= 11 is 6.19. The normalized spacial score (nSPS) is 17.5. The van der Waals surface area contributed by atoms with E-state index in [4.69, 9.17) is 16.3 Å². The van der Waals surface area contributed by atoms with Gasteiger partial charge in [0.25, 0.3) is 0 Å². The van der Waals surface area contributed by atoms with Gasteiger partial charge >= 0.3 is 0 Å². The molecule has 3 rings (SSSR count). The van der Waals surface area contributed by atoms with Crippen LogP contribution in [0.3, 0.4) is 0 Å². The van der Waals surface area contributed by atoms with Crippen LogP contribution in [0.2, 0.25) is 5.02 Å². The first kappa shape index (κ1) is 17.0. The maximum atomic E-state index is 6.19. The maximum Gasteiger partial charge on any atom is 0.0753 e. The summed E-state index contributed by atoms with van der Waals surface area (Å²) in [4.78, 5) is 2.41. The maximum absolute atomic E-state index is 6.19. The summed E-state index contributed by atoms with van der Waals surface area (Å²) in [6.45, 7) is 5.37. The van der Waals surface area contributed by atoms with E-state index >= 15 is 0 Å². The Labute approximate surface area is 148 Å². The van der Waals surface area contributed by atoms with Gasteiger partial charge in [0.15, 0.2) is 0 Å². The van der Waals surface area contributed by atoms with E-state index in [0.717, 1.165) is 37.7 Å². The van der Waals surface area contributed by atoms with Crippen LogP contribution in [0.15, 0.2) is 59.7 Å². The summed E-state index contributed by atoms with van der Waals surface area (Å²) < 4.78 is 5.50. The Morgan fingerprint density at radius 2 is 1.75 bits per heavy atom. The third-order valence-corrected chi connectivity index (χ3v) is 4.48. The van der Waals surface area contributed by atoms with Gasteiger partial charge in [-0.25, -0.2) is 0 Å². The van der Waals surface area contributed by atoms with E-state index in [1.807, 2.05) is 30.3 Å². The number of anilines is 1.